The van der Waals surface area contributed by atoms with Crippen LogP contribution in [0.25, 0.3) is 0 Å². The van der Waals surface area contributed by atoms with Gasteiger partial charge in [-0.3, -0.25) is 4.79 Å². The van der Waals surface area contributed by atoms with Crippen LogP contribution in [-0.4, -0.2) is 12.5 Å². The quantitative estimate of drug-likeness (QED) is 0.536. The van der Waals surface area contributed by atoms with Gasteiger partial charge in [0.2, 0.25) is 0 Å². The van der Waals surface area contributed by atoms with Gasteiger partial charge in [-0.05, 0) is 53.8 Å². The highest BCUT2D eigenvalue weighted by Gasteiger charge is 2.12. The van der Waals surface area contributed by atoms with E-state index in [1.54, 1.807) is 12.1 Å². The molecule has 3 aromatic carbocycles. The van der Waals surface area contributed by atoms with Crippen LogP contribution in [0.2, 0.25) is 0 Å². The van der Waals surface area contributed by atoms with Gasteiger partial charge < -0.3 is 14.8 Å². The molecule has 3 rings (SSSR count). The van der Waals surface area contributed by atoms with E-state index in [2.05, 4.69) is 19.2 Å². The molecule has 0 unspecified atom stereocenters. The summed E-state index contributed by atoms with van der Waals surface area (Å²) in [5.74, 6) is 1.54. The summed E-state index contributed by atoms with van der Waals surface area (Å²) in [6.45, 7) is 6.69. The second-order valence-corrected chi connectivity index (χ2v) is 7.28. The molecule has 0 aliphatic rings. The summed E-state index contributed by atoms with van der Waals surface area (Å²) in [6, 6.07) is 23.4. The van der Waals surface area contributed by atoms with E-state index < -0.39 is 0 Å². The lowest BCUT2D eigenvalue weighted by molar-refractivity contribution is -0.118. The summed E-state index contributed by atoms with van der Waals surface area (Å²) < 4.78 is 11.4. The van der Waals surface area contributed by atoms with Gasteiger partial charge in [0.1, 0.15) is 18.1 Å². The Labute approximate surface area is 172 Å². The normalized spacial score (nSPS) is 10.6. The van der Waals surface area contributed by atoms with E-state index in [0.29, 0.717) is 18.3 Å². The number of benzene rings is 3. The Hall–Kier alpha value is -3.27. The van der Waals surface area contributed by atoms with Gasteiger partial charge in [-0.2, -0.15) is 0 Å². The highest BCUT2D eigenvalue weighted by Crippen LogP contribution is 2.27. The third-order valence-corrected chi connectivity index (χ3v) is 4.63. The molecule has 0 bridgehead atoms. The van der Waals surface area contributed by atoms with Crippen LogP contribution in [0.5, 0.6) is 11.5 Å². The number of amides is 1. The number of aryl methyl sites for hydroxylation is 1. The number of rotatable bonds is 8. The van der Waals surface area contributed by atoms with Gasteiger partial charge >= 0.3 is 0 Å². The van der Waals surface area contributed by atoms with Crippen LogP contribution in [0.1, 0.15) is 36.5 Å². The van der Waals surface area contributed by atoms with Crippen molar-refractivity contribution in [3.8, 4) is 11.5 Å². The second kappa shape index (κ2) is 9.78. The topological polar surface area (TPSA) is 47.6 Å². The molecule has 0 saturated heterocycles. The largest absolute Gasteiger partial charge is 0.489 e. The van der Waals surface area contributed by atoms with Crippen molar-refractivity contribution in [1.29, 1.82) is 0 Å². The number of carbonyl (C=O) groups is 1. The first-order chi connectivity index (χ1) is 14.0. The molecule has 29 heavy (non-hydrogen) atoms. The van der Waals surface area contributed by atoms with Gasteiger partial charge in [0.25, 0.3) is 5.91 Å². The van der Waals surface area contributed by atoms with Crippen molar-refractivity contribution < 1.29 is 14.3 Å². The van der Waals surface area contributed by atoms with Crippen molar-refractivity contribution in [1.82, 2.24) is 0 Å². The van der Waals surface area contributed by atoms with Crippen LogP contribution >= 0.6 is 0 Å². The van der Waals surface area contributed by atoms with E-state index in [0.717, 1.165) is 28.1 Å². The summed E-state index contributed by atoms with van der Waals surface area (Å²) in [7, 11) is 0. The monoisotopic (exact) mass is 389 g/mol. The maximum atomic E-state index is 12.4. The maximum absolute atomic E-state index is 12.4. The number of hydrogen-bond acceptors (Lipinski definition) is 3. The number of hydrogen-bond donors (Lipinski definition) is 1. The first kappa shape index (κ1) is 20.5. The summed E-state index contributed by atoms with van der Waals surface area (Å²) in [5, 5.41) is 2.99. The minimum atomic E-state index is -0.175. The van der Waals surface area contributed by atoms with Crippen LogP contribution in [0.3, 0.4) is 0 Å². The summed E-state index contributed by atoms with van der Waals surface area (Å²) in [4.78, 5) is 12.4. The molecule has 4 heteroatoms. The summed E-state index contributed by atoms with van der Waals surface area (Å²) >= 11 is 0. The SMILES string of the molecule is Cc1cccc(C(C)C)c1NC(=O)COc1ccc(OCc2ccccc2)cc1. The Morgan fingerprint density at radius 2 is 1.52 bits per heavy atom. The minimum absolute atomic E-state index is 0.0455. The molecule has 1 amide bonds. The summed E-state index contributed by atoms with van der Waals surface area (Å²) in [5.41, 5.74) is 4.16. The van der Waals surface area contributed by atoms with Crippen LogP contribution in [0, 0.1) is 6.92 Å². The molecule has 0 saturated carbocycles. The minimum Gasteiger partial charge on any atom is -0.489 e. The third-order valence-electron chi connectivity index (χ3n) is 4.63. The van der Waals surface area contributed by atoms with Crippen molar-refractivity contribution >= 4 is 11.6 Å². The average molecular weight is 389 g/mol. The Bertz CT molecular complexity index is 934. The van der Waals surface area contributed by atoms with Gasteiger partial charge in [0.05, 0.1) is 0 Å². The van der Waals surface area contributed by atoms with E-state index >= 15 is 0 Å². The molecule has 0 spiro atoms. The van der Waals surface area contributed by atoms with Gasteiger partial charge in [-0.25, -0.2) is 0 Å². The fourth-order valence-electron chi connectivity index (χ4n) is 3.04. The molecule has 0 radical (unpaired) electrons. The fourth-order valence-corrected chi connectivity index (χ4v) is 3.04. The molecule has 3 aromatic rings. The molecule has 0 atom stereocenters. The zero-order chi connectivity index (χ0) is 20.6. The molecular formula is C25H27NO3. The highest BCUT2D eigenvalue weighted by atomic mass is 16.5. The smallest absolute Gasteiger partial charge is 0.262 e. The van der Waals surface area contributed by atoms with Crippen molar-refractivity contribution in [3.05, 3.63) is 89.5 Å². The second-order valence-electron chi connectivity index (χ2n) is 7.28. The summed E-state index contributed by atoms with van der Waals surface area (Å²) in [6.07, 6.45) is 0. The fraction of sp³-hybridized carbons (Fsp3) is 0.240. The van der Waals surface area contributed by atoms with E-state index in [-0.39, 0.29) is 12.5 Å². The molecular weight excluding hydrogens is 362 g/mol. The zero-order valence-electron chi connectivity index (χ0n) is 17.1. The average Bonchev–Trinajstić information content (AvgIpc) is 2.73. The number of para-hydroxylation sites is 1. The molecule has 0 heterocycles. The first-order valence-corrected chi connectivity index (χ1v) is 9.82. The number of ether oxygens (including phenoxy) is 2. The Kier molecular flexibility index (Phi) is 6.90. The Morgan fingerprint density at radius 1 is 0.862 bits per heavy atom. The van der Waals surface area contributed by atoms with E-state index in [4.69, 9.17) is 9.47 Å². The molecule has 0 aromatic heterocycles. The van der Waals surface area contributed by atoms with Gasteiger partial charge in [0.15, 0.2) is 6.61 Å². The zero-order valence-corrected chi connectivity index (χ0v) is 17.1. The van der Waals surface area contributed by atoms with Gasteiger partial charge in [0, 0.05) is 5.69 Å². The molecule has 0 fully saturated rings. The van der Waals surface area contributed by atoms with Crippen LogP contribution in [-0.2, 0) is 11.4 Å². The van der Waals surface area contributed by atoms with Crippen molar-refractivity contribution in [2.24, 2.45) is 0 Å². The van der Waals surface area contributed by atoms with E-state index in [9.17, 15) is 4.79 Å². The Balaban J connectivity index is 1.52. The lowest BCUT2D eigenvalue weighted by Crippen LogP contribution is -2.21. The Morgan fingerprint density at radius 3 is 2.17 bits per heavy atom. The van der Waals surface area contributed by atoms with Gasteiger partial charge in [-0.15, -0.1) is 0 Å². The van der Waals surface area contributed by atoms with Gasteiger partial charge in [-0.1, -0.05) is 62.4 Å². The van der Waals surface area contributed by atoms with E-state index in [1.165, 1.54) is 0 Å². The lowest BCUT2D eigenvalue weighted by atomic mass is 9.98. The van der Waals surface area contributed by atoms with Crippen molar-refractivity contribution in [3.63, 3.8) is 0 Å². The predicted molar refractivity (Wildman–Crippen MR) is 117 cm³/mol. The molecule has 1 N–H and O–H groups in total. The molecule has 0 aliphatic heterocycles. The van der Waals surface area contributed by atoms with Crippen LogP contribution in [0.15, 0.2) is 72.8 Å². The standard InChI is InChI=1S/C25H27NO3/c1-18(2)23-11-7-8-19(3)25(23)26-24(27)17-29-22-14-12-21(13-15-22)28-16-20-9-5-4-6-10-20/h4-15,18H,16-17H2,1-3H3,(H,26,27). The molecule has 4 nitrogen and oxygen atoms in total. The lowest BCUT2D eigenvalue weighted by Gasteiger charge is -2.16. The number of carbonyl (C=O) groups excluding carboxylic acids is 1. The number of nitrogens with one attached hydrogen (secondary N) is 1. The van der Waals surface area contributed by atoms with Crippen molar-refractivity contribution in [2.45, 2.75) is 33.3 Å². The predicted octanol–water partition coefficient (Wildman–Crippen LogP) is 5.71. The highest BCUT2D eigenvalue weighted by molar-refractivity contribution is 5.93. The number of anilines is 1. The third kappa shape index (κ3) is 5.85. The van der Waals surface area contributed by atoms with Crippen LogP contribution in [0.4, 0.5) is 5.69 Å². The molecule has 0 aliphatic carbocycles. The van der Waals surface area contributed by atoms with Crippen LogP contribution < -0.4 is 14.8 Å². The van der Waals surface area contributed by atoms with E-state index in [1.807, 2.05) is 67.6 Å². The first-order valence-electron chi connectivity index (χ1n) is 9.82. The van der Waals surface area contributed by atoms with Crippen molar-refractivity contribution in [2.75, 3.05) is 11.9 Å². The maximum Gasteiger partial charge on any atom is 0.262 e. The molecule has 150 valence electrons.